The molecule has 2 aliphatic rings. The van der Waals surface area contributed by atoms with E-state index in [9.17, 15) is 19.8 Å². The lowest BCUT2D eigenvalue weighted by atomic mass is 9.79. The molecule has 0 saturated heterocycles. The lowest BCUT2D eigenvalue weighted by Gasteiger charge is -2.35. The zero-order valence-electron chi connectivity index (χ0n) is 20.3. The first-order chi connectivity index (χ1) is 16.8. The van der Waals surface area contributed by atoms with Crippen molar-refractivity contribution < 1.29 is 24.5 Å². The quantitative estimate of drug-likeness (QED) is 0.406. The highest BCUT2D eigenvalue weighted by atomic mass is 16.5. The van der Waals surface area contributed by atoms with Crippen LogP contribution in [0.2, 0.25) is 0 Å². The molecule has 2 aromatic rings. The van der Waals surface area contributed by atoms with Crippen LogP contribution in [0.15, 0.2) is 18.3 Å². The summed E-state index contributed by atoms with van der Waals surface area (Å²) in [4.78, 5) is 32.9. The summed E-state index contributed by atoms with van der Waals surface area (Å²) >= 11 is 0. The van der Waals surface area contributed by atoms with Crippen LogP contribution in [0.5, 0.6) is 5.88 Å². The molecule has 0 unspecified atom stereocenters. The lowest BCUT2D eigenvalue weighted by molar-refractivity contribution is -0.140. The maximum Gasteiger partial charge on any atom is 0.326 e. The van der Waals surface area contributed by atoms with Gasteiger partial charge in [0.05, 0.1) is 11.7 Å². The second-order valence-corrected chi connectivity index (χ2v) is 9.63. The Morgan fingerprint density at radius 1 is 1.29 bits per heavy atom. The summed E-state index contributed by atoms with van der Waals surface area (Å²) in [6, 6.07) is 3.25. The van der Waals surface area contributed by atoms with E-state index in [1.807, 2.05) is 0 Å². The number of anilines is 1. The number of nitrogens with zero attached hydrogens (tertiary/aromatic N) is 2. The minimum atomic E-state index is -1.12. The zero-order valence-corrected chi connectivity index (χ0v) is 20.3. The van der Waals surface area contributed by atoms with Crippen LogP contribution in [0.4, 0.5) is 5.82 Å². The number of carbonyl (C=O) groups excluding carboxylic acids is 1. The fourth-order valence-electron chi connectivity index (χ4n) is 4.82. The number of aromatic nitrogens is 2. The molecular weight excluding hydrogens is 448 g/mol. The van der Waals surface area contributed by atoms with Gasteiger partial charge >= 0.3 is 5.97 Å². The van der Waals surface area contributed by atoms with Gasteiger partial charge in [0.25, 0.3) is 5.91 Å². The van der Waals surface area contributed by atoms with Crippen LogP contribution in [0.1, 0.15) is 64.8 Å². The van der Waals surface area contributed by atoms with Crippen LogP contribution in [0.3, 0.4) is 0 Å². The predicted molar refractivity (Wildman–Crippen MR) is 131 cm³/mol. The van der Waals surface area contributed by atoms with Crippen molar-refractivity contribution in [2.75, 3.05) is 18.5 Å². The van der Waals surface area contributed by atoms with Crippen molar-refractivity contribution in [2.24, 2.45) is 5.92 Å². The average Bonchev–Trinajstić information content (AvgIpc) is 2.81. The van der Waals surface area contributed by atoms with Gasteiger partial charge in [-0.2, -0.15) is 0 Å². The monoisotopic (exact) mass is 482 g/mol. The molecule has 4 N–H and O–H groups in total. The van der Waals surface area contributed by atoms with Crippen molar-refractivity contribution in [3.63, 3.8) is 0 Å². The molecule has 0 bridgehead atoms. The van der Waals surface area contributed by atoms with E-state index in [2.05, 4.69) is 27.8 Å². The minimum Gasteiger partial charge on any atom is -0.493 e. The number of aryl methyl sites for hydroxylation is 3. The Bertz CT molecular complexity index is 1080. The van der Waals surface area contributed by atoms with E-state index in [1.54, 1.807) is 13.8 Å². The van der Waals surface area contributed by atoms with Gasteiger partial charge in [-0.15, -0.1) is 0 Å². The normalized spacial score (nSPS) is 19.7. The first kappa shape index (κ1) is 24.9. The number of hydrogen-bond donors (Lipinski definition) is 4. The van der Waals surface area contributed by atoms with E-state index in [0.717, 1.165) is 56.6 Å². The number of aliphatic carboxylic acids is 1. The molecule has 1 aliphatic heterocycles. The van der Waals surface area contributed by atoms with Crippen molar-refractivity contribution in [2.45, 2.75) is 70.9 Å². The van der Waals surface area contributed by atoms with Gasteiger partial charge in [0.15, 0.2) is 0 Å². The van der Waals surface area contributed by atoms with Crippen LogP contribution in [-0.4, -0.2) is 57.4 Å². The Morgan fingerprint density at radius 3 is 2.86 bits per heavy atom. The summed E-state index contributed by atoms with van der Waals surface area (Å²) in [6.45, 7) is 4.52. The number of rotatable bonds is 10. The molecule has 1 amide bonds. The van der Waals surface area contributed by atoms with E-state index in [4.69, 9.17) is 9.72 Å². The van der Waals surface area contributed by atoms with Crippen molar-refractivity contribution in [1.82, 2.24) is 15.3 Å². The van der Waals surface area contributed by atoms with Gasteiger partial charge in [0, 0.05) is 37.0 Å². The second kappa shape index (κ2) is 11.0. The number of hydrogen-bond acceptors (Lipinski definition) is 7. The maximum atomic E-state index is 12.7. The Labute approximate surface area is 205 Å². The summed E-state index contributed by atoms with van der Waals surface area (Å²) in [5.41, 5.74) is 3.56. The fraction of sp³-hybridized carbons (Fsp3) is 0.538. The second-order valence-electron chi connectivity index (χ2n) is 9.63. The van der Waals surface area contributed by atoms with Crippen molar-refractivity contribution in [3.8, 4) is 5.88 Å². The molecule has 9 nitrogen and oxygen atoms in total. The molecule has 0 radical (unpaired) electrons. The molecule has 9 heteroatoms. The van der Waals surface area contributed by atoms with Crippen LogP contribution in [0, 0.1) is 19.8 Å². The Balaban J connectivity index is 1.18. The molecule has 4 rings (SSSR count). The summed E-state index contributed by atoms with van der Waals surface area (Å²) in [7, 11) is 0. The Morgan fingerprint density at radius 2 is 2.09 bits per heavy atom. The van der Waals surface area contributed by atoms with E-state index in [-0.39, 0.29) is 30.6 Å². The number of carboxylic acids is 1. The fourth-order valence-corrected chi connectivity index (χ4v) is 4.82. The molecule has 35 heavy (non-hydrogen) atoms. The van der Waals surface area contributed by atoms with E-state index in [1.165, 1.54) is 11.8 Å². The largest absolute Gasteiger partial charge is 0.493 e. The lowest BCUT2D eigenvalue weighted by Crippen LogP contribution is -2.42. The standard InChI is InChI=1S/C26H34N4O5/c1-15-14-28-24(31)16(2)22(15)25(32)30-21(26(33)34)9-11-35-20-12-17(13-20)5-7-19-8-6-18-4-3-10-27-23(18)29-19/h6,8,14,17,20-21H,3-5,7,9-13H2,1-2H3,(H,27,29)(H,28,31)(H,30,32)(H,33,34)/t17?,20?,21-/m0/s1. The van der Waals surface area contributed by atoms with Crippen LogP contribution < -0.4 is 10.6 Å². The zero-order chi connectivity index (χ0) is 24.9. The number of nitrogens with one attached hydrogen (secondary N) is 2. The van der Waals surface area contributed by atoms with Gasteiger partial charge in [0.2, 0.25) is 5.88 Å². The first-order valence-electron chi connectivity index (χ1n) is 12.3. The van der Waals surface area contributed by atoms with Crippen molar-refractivity contribution in [3.05, 3.63) is 46.3 Å². The van der Waals surface area contributed by atoms with E-state index in [0.29, 0.717) is 17.0 Å². The number of pyridine rings is 2. The number of carbonyl (C=O) groups is 2. The van der Waals surface area contributed by atoms with Crippen LogP contribution in [0.25, 0.3) is 0 Å². The first-order valence-corrected chi connectivity index (χ1v) is 12.3. The molecule has 1 aliphatic carbocycles. The Hall–Kier alpha value is -3.20. The Kier molecular flexibility index (Phi) is 7.85. The highest BCUT2D eigenvalue weighted by molar-refractivity contribution is 5.99. The third kappa shape index (κ3) is 6.08. The highest BCUT2D eigenvalue weighted by Gasteiger charge is 2.30. The summed E-state index contributed by atoms with van der Waals surface area (Å²) in [5, 5.41) is 25.3. The third-order valence-corrected chi connectivity index (χ3v) is 7.03. The highest BCUT2D eigenvalue weighted by Crippen LogP contribution is 2.34. The SMILES string of the molecule is Cc1cnc(O)c(C)c1C(=O)N[C@@H](CCOC1CC(CCc2ccc3c(n2)NCCC3)C1)C(=O)O. The van der Waals surface area contributed by atoms with Gasteiger partial charge in [-0.25, -0.2) is 14.8 Å². The molecule has 1 fully saturated rings. The number of carboxylic acid groups (broad SMARTS) is 1. The number of fused-ring (bicyclic) bond motifs is 1. The molecule has 2 aromatic heterocycles. The summed E-state index contributed by atoms with van der Waals surface area (Å²) in [5.74, 6) is -0.274. The number of ether oxygens (including phenoxy) is 1. The molecule has 1 atom stereocenters. The topological polar surface area (TPSA) is 134 Å². The minimum absolute atomic E-state index is 0.130. The van der Waals surface area contributed by atoms with Crippen LogP contribution >= 0.6 is 0 Å². The van der Waals surface area contributed by atoms with Gasteiger partial charge in [-0.1, -0.05) is 6.07 Å². The predicted octanol–water partition coefficient (Wildman–Crippen LogP) is 3.16. The molecular formula is C26H34N4O5. The number of aromatic hydroxyl groups is 1. The smallest absolute Gasteiger partial charge is 0.326 e. The van der Waals surface area contributed by atoms with Gasteiger partial charge < -0.3 is 25.6 Å². The van der Waals surface area contributed by atoms with E-state index < -0.39 is 17.9 Å². The van der Waals surface area contributed by atoms with Gasteiger partial charge in [0.1, 0.15) is 11.9 Å². The molecule has 188 valence electrons. The summed E-state index contributed by atoms with van der Waals surface area (Å²) in [6.07, 6.45) is 7.88. The van der Waals surface area contributed by atoms with E-state index >= 15 is 0 Å². The van der Waals surface area contributed by atoms with Crippen molar-refractivity contribution >= 4 is 17.7 Å². The molecule has 1 saturated carbocycles. The molecule has 3 heterocycles. The van der Waals surface area contributed by atoms with Gasteiger partial charge in [-0.3, -0.25) is 4.79 Å². The third-order valence-electron chi connectivity index (χ3n) is 7.03. The molecule has 0 aromatic carbocycles. The van der Waals surface area contributed by atoms with Crippen molar-refractivity contribution in [1.29, 1.82) is 0 Å². The van der Waals surface area contributed by atoms with Gasteiger partial charge in [-0.05, 0) is 75.5 Å². The number of amides is 1. The molecule has 0 spiro atoms. The van der Waals surface area contributed by atoms with Crippen LogP contribution in [-0.2, 0) is 22.4 Å². The maximum absolute atomic E-state index is 12.7. The summed E-state index contributed by atoms with van der Waals surface area (Å²) < 4.78 is 5.88. The average molecular weight is 483 g/mol.